The minimum absolute atomic E-state index is 0.129. The monoisotopic (exact) mass is 438 g/mol. The first-order valence-electron chi connectivity index (χ1n) is 10.3. The summed E-state index contributed by atoms with van der Waals surface area (Å²) >= 11 is 0. The second-order valence-corrected chi connectivity index (χ2v) is 7.25. The first-order valence-corrected chi connectivity index (χ1v) is 10.3. The second kappa shape index (κ2) is 9.74. The number of carboxylic acid groups (broad SMARTS) is 1. The summed E-state index contributed by atoms with van der Waals surface area (Å²) in [4.78, 5) is 20.2. The average molecular weight is 438 g/mol. The zero-order chi connectivity index (χ0) is 23.2. The predicted molar refractivity (Wildman–Crippen MR) is 128 cm³/mol. The van der Waals surface area contributed by atoms with Gasteiger partial charge in [-0.05, 0) is 54.1 Å². The minimum Gasteiger partial charge on any atom is -0.487 e. The first-order chi connectivity index (χ1) is 16.1. The molecule has 0 saturated heterocycles. The van der Waals surface area contributed by atoms with Crippen molar-refractivity contribution in [1.29, 1.82) is 5.41 Å². The number of hydrogen-bond donors (Lipinski definition) is 3. The highest BCUT2D eigenvalue weighted by Gasteiger charge is 2.13. The van der Waals surface area contributed by atoms with Crippen LogP contribution in [0.15, 0.2) is 85.3 Å². The van der Waals surface area contributed by atoms with Gasteiger partial charge in [0.05, 0.1) is 22.5 Å². The lowest BCUT2D eigenvalue weighted by Gasteiger charge is -2.12. The van der Waals surface area contributed by atoms with Crippen molar-refractivity contribution < 1.29 is 14.6 Å². The summed E-state index contributed by atoms with van der Waals surface area (Å²) in [6, 6.07) is 19.6. The Morgan fingerprint density at radius 3 is 2.48 bits per heavy atom. The first kappa shape index (κ1) is 21.7. The molecule has 0 aliphatic carbocycles. The Bertz CT molecular complexity index is 1330. The van der Waals surface area contributed by atoms with E-state index in [-0.39, 0.29) is 12.2 Å². The van der Waals surface area contributed by atoms with E-state index >= 15 is 0 Å². The van der Waals surface area contributed by atoms with E-state index in [1.165, 1.54) is 6.07 Å². The number of aromatic carboxylic acids is 1. The molecule has 0 fully saturated rings. The third-order valence-electron chi connectivity index (χ3n) is 5.08. The van der Waals surface area contributed by atoms with E-state index in [1.54, 1.807) is 56.0 Å². The maximum absolute atomic E-state index is 11.6. The summed E-state index contributed by atoms with van der Waals surface area (Å²) in [6.07, 6.45) is 5.17. The molecule has 0 bridgehead atoms. The van der Waals surface area contributed by atoms with Crippen molar-refractivity contribution in [1.82, 2.24) is 15.3 Å². The van der Waals surface area contributed by atoms with E-state index in [1.807, 2.05) is 30.3 Å². The maximum Gasteiger partial charge on any atom is 0.336 e. The fraction of sp³-hybridized carbons (Fsp3) is 0.0769. The molecule has 0 atom stereocenters. The van der Waals surface area contributed by atoms with Crippen LogP contribution in [0.1, 0.15) is 27.2 Å². The van der Waals surface area contributed by atoms with Crippen molar-refractivity contribution in [2.45, 2.75) is 6.61 Å². The summed E-state index contributed by atoms with van der Waals surface area (Å²) in [5.41, 5.74) is 4.07. The molecule has 0 unspecified atom stereocenters. The number of nitrogens with zero attached hydrogens (tertiary/aromatic N) is 2. The molecule has 7 nitrogen and oxygen atoms in total. The van der Waals surface area contributed by atoms with Gasteiger partial charge in [0.25, 0.3) is 0 Å². The molecule has 3 N–H and O–H groups in total. The normalized spacial score (nSPS) is 11.2. The third kappa shape index (κ3) is 4.88. The molecule has 0 saturated carbocycles. The van der Waals surface area contributed by atoms with Crippen molar-refractivity contribution >= 4 is 28.2 Å². The smallest absolute Gasteiger partial charge is 0.336 e. The van der Waals surface area contributed by atoms with Crippen molar-refractivity contribution in [2.75, 3.05) is 7.05 Å². The number of aromatic nitrogens is 2. The van der Waals surface area contributed by atoms with E-state index in [2.05, 4.69) is 15.3 Å². The highest BCUT2D eigenvalue weighted by molar-refractivity contribution is 6.30. The fourth-order valence-electron chi connectivity index (χ4n) is 3.49. The van der Waals surface area contributed by atoms with Crippen molar-refractivity contribution in [3.63, 3.8) is 0 Å². The van der Waals surface area contributed by atoms with Crippen LogP contribution < -0.4 is 10.1 Å². The van der Waals surface area contributed by atoms with Crippen LogP contribution in [0.25, 0.3) is 16.5 Å². The van der Waals surface area contributed by atoms with E-state index in [0.717, 1.165) is 16.7 Å². The van der Waals surface area contributed by atoms with Crippen LogP contribution in [0.4, 0.5) is 0 Å². The molecule has 0 aliphatic rings. The molecule has 0 aliphatic heterocycles. The van der Waals surface area contributed by atoms with Gasteiger partial charge in [-0.2, -0.15) is 0 Å². The highest BCUT2D eigenvalue weighted by Crippen LogP contribution is 2.22. The molecule has 164 valence electrons. The zero-order valence-corrected chi connectivity index (χ0v) is 17.9. The van der Waals surface area contributed by atoms with Gasteiger partial charge in [0.2, 0.25) is 0 Å². The van der Waals surface area contributed by atoms with Crippen LogP contribution in [0.2, 0.25) is 0 Å². The van der Waals surface area contributed by atoms with Crippen molar-refractivity contribution in [2.24, 2.45) is 0 Å². The number of benzene rings is 2. The van der Waals surface area contributed by atoms with E-state index in [4.69, 9.17) is 10.1 Å². The molecule has 33 heavy (non-hydrogen) atoms. The molecule has 0 radical (unpaired) electrons. The Labute approximate surface area is 190 Å². The minimum atomic E-state index is -1.00. The number of pyridine rings is 2. The van der Waals surface area contributed by atoms with Crippen LogP contribution in [0.5, 0.6) is 5.75 Å². The Balaban J connectivity index is 1.51. The zero-order valence-electron chi connectivity index (χ0n) is 17.9. The van der Waals surface area contributed by atoms with Gasteiger partial charge in [-0.25, -0.2) is 9.78 Å². The average Bonchev–Trinajstić information content (AvgIpc) is 2.86. The van der Waals surface area contributed by atoms with Crippen molar-refractivity contribution in [3.8, 4) is 5.75 Å². The molecule has 7 heteroatoms. The molecular formula is C26H22N4O3. The molecule has 2 aromatic carbocycles. The van der Waals surface area contributed by atoms with Gasteiger partial charge in [0.15, 0.2) is 0 Å². The van der Waals surface area contributed by atoms with Crippen LogP contribution in [-0.4, -0.2) is 33.8 Å². The maximum atomic E-state index is 11.6. The van der Waals surface area contributed by atoms with Crippen LogP contribution in [-0.2, 0) is 6.61 Å². The Morgan fingerprint density at radius 1 is 1.06 bits per heavy atom. The van der Waals surface area contributed by atoms with Gasteiger partial charge in [-0.15, -0.1) is 0 Å². The highest BCUT2D eigenvalue weighted by atomic mass is 16.5. The summed E-state index contributed by atoms with van der Waals surface area (Å²) in [6.45, 7) is 0.129. The Hall–Kier alpha value is -4.52. The number of allylic oxidation sites excluding steroid dienone is 1. The number of carbonyl (C=O) groups is 1. The quantitative estimate of drug-likeness (QED) is 0.349. The number of para-hydroxylation sites is 1. The van der Waals surface area contributed by atoms with Gasteiger partial charge < -0.3 is 15.2 Å². The lowest BCUT2D eigenvalue weighted by molar-refractivity contribution is 0.0698. The van der Waals surface area contributed by atoms with Crippen LogP contribution in [0, 0.1) is 5.41 Å². The standard InChI is InChI=1S/C26H22N4O3/c1-28-15-23(17-10-12-29-13-11-17)25(27)18-6-8-20(9-7-18)33-16-19-14-22(26(31)32)21-4-2-3-5-24(21)30-19/h2-15,27-28H,16H2,1H3,(H,31,32)/b23-15-,27-25?. The van der Waals surface area contributed by atoms with Gasteiger partial charge in [0.1, 0.15) is 12.4 Å². The number of hydrogen-bond acceptors (Lipinski definition) is 6. The summed E-state index contributed by atoms with van der Waals surface area (Å²) in [5.74, 6) is -0.404. The molecule has 0 amide bonds. The number of nitrogens with one attached hydrogen (secondary N) is 2. The lowest BCUT2D eigenvalue weighted by Crippen LogP contribution is -2.07. The Kier molecular flexibility index (Phi) is 6.40. The van der Waals surface area contributed by atoms with Gasteiger partial charge in [0, 0.05) is 42.2 Å². The topological polar surface area (TPSA) is 108 Å². The number of carboxylic acids is 1. The predicted octanol–water partition coefficient (Wildman–Crippen LogP) is 4.54. The summed E-state index contributed by atoms with van der Waals surface area (Å²) < 4.78 is 5.84. The summed E-state index contributed by atoms with van der Waals surface area (Å²) in [5, 5.41) is 21.8. The number of fused-ring (bicyclic) bond motifs is 1. The van der Waals surface area contributed by atoms with Gasteiger partial charge >= 0.3 is 5.97 Å². The lowest BCUT2D eigenvalue weighted by atomic mass is 9.97. The second-order valence-electron chi connectivity index (χ2n) is 7.25. The van der Waals surface area contributed by atoms with E-state index in [9.17, 15) is 9.90 Å². The molecule has 4 rings (SSSR count). The molecule has 0 spiro atoms. The molecular weight excluding hydrogens is 416 g/mol. The number of ether oxygens (including phenoxy) is 1. The fourth-order valence-corrected chi connectivity index (χ4v) is 3.49. The molecule has 2 heterocycles. The van der Waals surface area contributed by atoms with Crippen LogP contribution >= 0.6 is 0 Å². The van der Waals surface area contributed by atoms with Crippen LogP contribution in [0.3, 0.4) is 0 Å². The van der Waals surface area contributed by atoms with Gasteiger partial charge in [-0.1, -0.05) is 18.2 Å². The molecule has 4 aromatic rings. The largest absolute Gasteiger partial charge is 0.487 e. The van der Waals surface area contributed by atoms with Gasteiger partial charge in [-0.3, -0.25) is 10.4 Å². The third-order valence-corrected chi connectivity index (χ3v) is 5.08. The number of rotatable bonds is 8. The molecule has 2 aromatic heterocycles. The van der Waals surface area contributed by atoms with E-state index < -0.39 is 5.97 Å². The summed E-state index contributed by atoms with van der Waals surface area (Å²) in [7, 11) is 1.79. The van der Waals surface area contributed by atoms with E-state index in [0.29, 0.717) is 28.1 Å². The van der Waals surface area contributed by atoms with Crippen molar-refractivity contribution in [3.05, 3.63) is 108 Å². The Morgan fingerprint density at radius 2 is 1.79 bits per heavy atom. The SMILES string of the molecule is CN/C=C(\C(=N)c1ccc(OCc2cc(C(=O)O)c3ccccc3n2)cc1)c1ccncc1.